The maximum atomic E-state index is 12.7. The van der Waals surface area contributed by atoms with Crippen LogP contribution in [0.25, 0.3) is 5.69 Å². The van der Waals surface area contributed by atoms with Crippen LogP contribution in [0.4, 0.5) is 18.9 Å². The molecule has 1 N–H and O–H groups in total. The second-order valence-corrected chi connectivity index (χ2v) is 6.74. The highest BCUT2D eigenvalue weighted by Gasteiger charge is 2.32. The Hall–Kier alpha value is -2.91. The van der Waals surface area contributed by atoms with Crippen molar-refractivity contribution in [3.8, 4) is 5.69 Å². The Kier molecular flexibility index (Phi) is 4.43. The summed E-state index contributed by atoms with van der Waals surface area (Å²) in [5.41, 5.74) is 0.163. The third-order valence-electron chi connectivity index (χ3n) is 3.53. The molecule has 7 nitrogen and oxygen atoms in total. The Morgan fingerprint density at radius 1 is 1.15 bits per heavy atom. The molecular formula is C16H18F3N7. The molecule has 2 heterocycles. The van der Waals surface area contributed by atoms with Crippen molar-refractivity contribution in [3.63, 3.8) is 0 Å². The monoisotopic (exact) mass is 365 g/mol. The van der Waals surface area contributed by atoms with Crippen molar-refractivity contribution in [1.29, 1.82) is 0 Å². The van der Waals surface area contributed by atoms with Crippen molar-refractivity contribution in [3.05, 3.63) is 48.0 Å². The van der Waals surface area contributed by atoms with Gasteiger partial charge in [-0.1, -0.05) is 6.07 Å². The van der Waals surface area contributed by atoms with Gasteiger partial charge in [-0.3, -0.25) is 0 Å². The highest BCUT2D eigenvalue weighted by molar-refractivity contribution is 5.51. The van der Waals surface area contributed by atoms with E-state index in [2.05, 4.69) is 25.8 Å². The van der Waals surface area contributed by atoms with Gasteiger partial charge in [-0.2, -0.15) is 23.1 Å². The van der Waals surface area contributed by atoms with Crippen molar-refractivity contribution in [2.24, 2.45) is 0 Å². The van der Waals surface area contributed by atoms with Crippen molar-refractivity contribution in [2.75, 3.05) is 5.32 Å². The molecule has 0 saturated heterocycles. The molecule has 0 unspecified atom stereocenters. The van der Waals surface area contributed by atoms with E-state index in [0.29, 0.717) is 23.7 Å². The molecule has 3 aromatic rings. The number of alkyl halides is 3. The van der Waals surface area contributed by atoms with E-state index in [1.807, 2.05) is 20.8 Å². The number of halogens is 3. The van der Waals surface area contributed by atoms with E-state index in [1.54, 1.807) is 24.3 Å². The number of aromatic nitrogens is 6. The summed E-state index contributed by atoms with van der Waals surface area (Å²) in [6.45, 7) is 6.24. The molecule has 10 heteroatoms. The minimum absolute atomic E-state index is 0.262. The van der Waals surface area contributed by atoms with Crippen LogP contribution in [0.5, 0.6) is 0 Å². The Labute approximate surface area is 147 Å². The van der Waals surface area contributed by atoms with Crippen LogP contribution in [0.3, 0.4) is 0 Å². The van der Waals surface area contributed by atoms with Gasteiger partial charge in [-0.05, 0) is 44.2 Å². The summed E-state index contributed by atoms with van der Waals surface area (Å²) < 4.78 is 39.3. The largest absolute Gasteiger partial charge is 0.419 e. The number of rotatable bonds is 4. The maximum absolute atomic E-state index is 12.7. The standard InChI is InChI=1S/C16H18F3N7/c1-15(2,3)26-23-14(22-24-26)9-20-12-5-4-6-13(7-12)25-10-11(8-21-25)16(17,18)19/h4-8,10,20H,9H2,1-3H3. The molecule has 0 amide bonds. The van der Waals surface area contributed by atoms with Gasteiger partial charge in [0.05, 0.1) is 29.5 Å². The van der Waals surface area contributed by atoms with Crippen molar-refractivity contribution in [1.82, 2.24) is 30.0 Å². The summed E-state index contributed by atoms with van der Waals surface area (Å²) in [6, 6.07) is 6.89. The summed E-state index contributed by atoms with van der Waals surface area (Å²) >= 11 is 0. The van der Waals surface area contributed by atoms with Crippen LogP contribution in [0.1, 0.15) is 32.2 Å². The van der Waals surface area contributed by atoms with E-state index in [1.165, 1.54) is 9.48 Å². The number of nitrogens with one attached hydrogen (secondary N) is 1. The smallest absolute Gasteiger partial charge is 0.378 e. The first-order valence-corrected chi connectivity index (χ1v) is 7.88. The molecule has 2 aromatic heterocycles. The van der Waals surface area contributed by atoms with Crippen LogP contribution in [0, 0.1) is 0 Å². The highest BCUT2D eigenvalue weighted by atomic mass is 19.4. The Bertz CT molecular complexity index is 890. The fraction of sp³-hybridized carbons (Fsp3) is 0.375. The molecule has 26 heavy (non-hydrogen) atoms. The Balaban J connectivity index is 1.72. The van der Waals surface area contributed by atoms with Gasteiger partial charge in [0.15, 0.2) is 5.82 Å². The predicted molar refractivity (Wildman–Crippen MR) is 88.7 cm³/mol. The van der Waals surface area contributed by atoms with Crippen LogP contribution < -0.4 is 5.32 Å². The van der Waals surface area contributed by atoms with Crippen molar-refractivity contribution < 1.29 is 13.2 Å². The van der Waals surface area contributed by atoms with Gasteiger partial charge in [-0.25, -0.2) is 4.68 Å². The minimum atomic E-state index is -4.42. The molecule has 1 aromatic carbocycles. The zero-order chi connectivity index (χ0) is 18.9. The van der Waals surface area contributed by atoms with Gasteiger partial charge in [0.2, 0.25) is 0 Å². The molecule has 0 aliphatic rings. The van der Waals surface area contributed by atoms with E-state index in [0.717, 1.165) is 12.4 Å². The van der Waals surface area contributed by atoms with Crippen molar-refractivity contribution in [2.45, 2.75) is 39.0 Å². The first-order valence-electron chi connectivity index (χ1n) is 7.88. The van der Waals surface area contributed by atoms with Crippen LogP contribution in [0.15, 0.2) is 36.7 Å². The lowest BCUT2D eigenvalue weighted by atomic mass is 10.1. The van der Waals surface area contributed by atoms with Gasteiger partial charge in [0, 0.05) is 11.9 Å². The lowest BCUT2D eigenvalue weighted by Gasteiger charge is -2.15. The predicted octanol–water partition coefficient (Wildman–Crippen LogP) is 3.24. The van der Waals surface area contributed by atoms with Gasteiger partial charge in [-0.15, -0.1) is 10.2 Å². The number of tetrazole rings is 1. The second-order valence-electron chi connectivity index (χ2n) is 6.74. The molecule has 138 valence electrons. The zero-order valence-corrected chi connectivity index (χ0v) is 14.5. The number of hydrogen-bond acceptors (Lipinski definition) is 5. The summed E-state index contributed by atoms with van der Waals surface area (Å²) in [6.07, 6.45) is -2.66. The van der Waals surface area contributed by atoms with E-state index in [-0.39, 0.29) is 5.54 Å². The Morgan fingerprint density at radius 2 is 1.92 bits per heavy atom. The molecule has 3 rings (SSSR count). The van der Waals surface area contributed by atoms with Gasteiger partial charge < -0.3 is 5.32 Å². The molecule has 0 atom stereocenters. The SMILES string of the molecule is CC(C)(C)n1nnc(CNc2cccc(-n3cc(C(F)(F)F)cn3)c2)n1. The fourth-order valence-electron chi connectivity index (χ4n) is 2.15. The third-order valence-corrected chi connectivity index (χ3v) is 3.53. The summed E-state index contributed by atoms with van der Waals surface area (Å²) in [4.78, 5) is 1.53. The van der Waals surface area contributed by atoms with E-state index < -0.39 is 11.7 Å². The topological polar surface area (TPSA) is 73.5 Å². The first kappa shape index (κ1) is 17.9. The zero-order valence-electron chi connectivity index (χ0n) is 14.5. The van der Waals surface area contributed by atoms with E-state index >= 15 is 0 Å². The average Bonchev–Trinajstić information content (AvgIpc) is 3.22. The fourth-order valence-corrected chi connectivity index (χ4v) is 2.15. The first-order chi connectivity index (χ1) is 12.1. The Morgan fingerprint density at radius 3 is 2.54 bits per heavy atom. The van der Waals surface area contributed by atoms with Crippen LogP contribution >= 0.6 is 0 Å². The average molecular weight is 365 g/mol. The number of anilines is 1. The quantitative estimate of drug-likeness (QED) is 0.768. The number of nitrogens with zero attached hydrogens (tertiary/aromatic N) is 6. The minimum Gasteiger partial charge on any atom is -0.378 e. The molecule has 0 saturated carbocycles. The normalized spacial score (nSPS) is 12.4. The molecule has 0 radical (unpaired) electrons. The molecule has 0 spiro atoms. The van der Waals surface area contributed by atoms with Gasteiger partial charge >= 0.3 is 6.18 Å². The second kappa shape index (κ2) is 6.43. The summed E-state index contributed by atoms with van der Waals surface area (Å²) in [5, 5.41) is 19.2. The number of hydrogen-bond donors (Lipinski definition) is 1. The third kappa shape index (κ3) is 4.01. The van der Waals surface area contributed by atoms with Crippen LogP contribution in [-0.4, -0.2) is 30.0 Å². The van der Waals surface area contributed by atoms with Crippen LogP contribution in [0.2, 0.25) is 0 Å². The lowest BCUT2D eigenvalue weighted by Crippen LogP contribution is -2.24. The maximum Gasteiger partial charge on any atom is 0.419 e. The molecule has 0 bridgehead atoms. The summed E-state index contributed by atoms with van der Waals surface area (Å²) in [7, 11) is 0. The molecule has 0 fully saturated rings. The lowest BCUT2D eigenvalue weighted by molar-refractivity contribution is -0.137. The molecule has 0 aliphatic heterocycles. The number of benzene rings is 1. The summed E-state index contributed by atoms with van der Waals surface area (Å²) in [5.74, 6) is 0.517. The molecule has 0 aliphatic carbocycles. The van der Waals surface area contributed by atoms with Gasteiger partial charge in [0.25, 0.3) is 0 Å². The van der Waals surface area contributed by atoms with Gasteiger partial charge in [0.1, 0.15) is 0 Å². The van der Waals surface area contributed by atoms with E-state index in [4.69, 9.17) is 0 Å². The van der Waals surface area contributed by atoms with Crippen LogP contribution in [-0.2, 0) is 18.3 Å². The molecular weight excluding hydrogens is 347 g/mol. The highest BCUT2D eigenvalue weighted by Crippen LogP contribution is 2.29. The van der Waals surface area contributed by atoms with Crippen molar-refractivity contribution >= 4 is 5.69 Å². The van der Waals surface area contributed by atoms with E-state index in [9.17, 15) is 13.2 Å².